The Labute approximate surface area is 133 Å². The summed E-state index contributed by atoms with van der Waals surface area (Å²) in [7, 11) is -0.800. The average molecular weight is 329 g/mol. The molecule has 0 bridgehead atoms. The zero-order valence-electron chi connectivity index (χ0n) is 12.9. The van der Waals surface area contributed by atoms with E-state index >= 15 is 0 Å². The Morgan fingerprint density at radius 3 is 2.86 bits per heavy atom. The first-order valence-corrected chi connectivity index (χ1v) is 10.1. The summed E-state index contributed by atoms with van der Waals surface area (Å²) in [5.74, 6) is 1.15. The van der Waals surface area contributed by atoms with Crippen molar-refractivity contribution >= 4 is 28.0 Å². The molecular weight excluding hydrogens is 304 g/mol. The van der Waals surface area contributed by atoms with Gasteiger partial charge in [-0.2, -0.15) is 11.3 Å². The molecule has 1 aromatic heterocycles. The number of rotatable bonds is 7. The van der Waals surface area contributed by atoms with Crippen molar-refractivity contribution in [1.82, 2.24) is 10.2 Å². The maximum atomic E-state index is 12.7. The van der Waals surface area contributed by atoms with E-state index in [0.717, 1.165) is 18.4 Å². The van der Waals surface area contributed by atoms with Crippen molar-refractivity contribution in [1.29, 1.82) is 0 Å². The van der Waals surface area contributed by atoms with Crippen LogP contribution >= 0.6 is 11.3 Å². The lowest BCUT2D eigenvalue weighted by atomic mass is 9.99. The Kier molecular flexibility index (Phi) is 5.96. The highest BCUT2D eigenvalue weighted by atomic mass is 32.2. The molecular formula is C15H24N2O2S2. The third-order valence-corrected chi connectivity index (χ3v) is 5.67. The molecule has 0 spiro atoms. The van der Waals surface area contributed by atoms with Gasteiger partial charge < -0.3 is 4.90 Å². The van der Waals surface area contributed by atoms with Gasteiger partial charge in [-0.1, -0.05) is 20.3 Å². The van der Waals surface area contributed by atoms with Crippen LogP contribution in [0.4, 0.5) is 0 Å². The Hall–Kier alpha value is -0.720. The monoisotopic (exact) mass is 328 g/mol. The Bertz CT molecular complexity index is 490. The van der Waals surface area contributed by atoms with Crippen LogP contribution in [0.1, 0.15) is 38.4 Å². The van der Waals surface area contributed by atoms with E-state index in [4.69, 9.17) is 0 Å². The van der Waals surface area contributed by atoms with Crippen molar-refractivity contribution in [3.05, 3.63) is 22.4 Å². The van der Waals surface area contributed by atoms with Crippen molar-refractivity contribution in [3.8, 4) is 0 Å². The maximum absolute atomic E-state index is 12.7. The highest BCUT2D eigenvalue weighted by Gasteiger charge is 2.41. The van der Waals surface area contributed by atoms with Crippen LogP contribution in [0.25, 0.3) is 0 Å². The summed E-state index contributed by atoms with van der Waals surface area (Å²) >= 11 is 1.65. The minimum atomic E-state index is -0.800. The topological polar surface area (TPSA) is 49.4 Å². The summed E-state index contributed by atoms with van der Waals surface area (Å²) in [5, 5.41) is 7.62. The van der Waals surface area contributed by atoms with Crippen molar-refractivity contribution in [2.75, 3.05) is 18.6 Å². The second-order valence-corrected chi connectivity index (χ2v) is 7.99. The molecule has 4 unspecified atom stereocenters. The number of nitrogens with zero attached hydrogens (tertiary/aromatic N) is 1. The van der Waals surface area contributed by atoms with Gasteiger partial charge >= 0.3 is 0 Å². The molecule has 1 aliphatic rings. The summed E-state index contributed by atoms with van der Waals surface area (Å²) < 4.78 is 11.2. The highest BCUT2D eigenvalue weighted by Crippen LogP contribution is 2.30. The standard InChI is InChI=1S/C15H24N2O2S2/c1-4-11(2)13-15(18)17(7-5-9-21(3)19)14(16-13)12-6-8-20-10-12/h6,8,10-11,13-14,16H,4-5,7,9H2,1-3H3. The Balaban J connectivity index is 2.12. The van der Waals surface area contributed by atoms with Crippen LogP contribution < -0.4 is 5.32 Å². The number of carbonyl (C=O) groups is 1. The number of thiophene rings is 1. The van der Waals surface area contributed by atoms with E-state index < -0.39 is 10.8 Å². The third kappa shape index (κ3) is 3.93. The molecule has 21 heavy (non-hydrogen) atoms. The zero-order valence-corrected chi connectivity index (χ0v) is 14.5. The van der Waals surface area contributed by atoms with E-state index in [9.17, 15) is 9.00 Å². The molecule has 0 aromatic carbocycles. The van der Waals surface area contributed by atoms with Crippen molar-refractivity contribution in [2.45, 2.75) is 38.9 Å². The van der Waals surface area contributed by atoms with Gasteiger partial charge in [0.05, 0.1) is 6.04 Å². The van der Waals surface area contributed by atoms with E-state index in [-0.39, 0.29) is 18.1 Å². The van der Waals surface area contributed by atoms with Crippen LogP contribution in [0.3, 0.4) is 0 Å². The van der Waals surface area contributed by atoms with Gasteiger partial charge in [0.15, 0.2) is 0 Å². The minimum Gasteiger partial charge on any atom is -0.321 e. The van der Waals surface area contributed by atoms with Gasteiger partial charge in [0.2, 0.25) is 5.91 Å². The second kappa shape index (κ2) is 7.51. The molecule has 2 rings (SSSR count). The molecule has 1 aromatic rings. The van der Waals surface area contributed by atoms with Gasteiger partial charge in [-0.3, -0.25) is 14.3 Å². The van der Waals surface area contributed by atoms with Gasteiger partial charge in [-0.05, 0) is 34.7 Å². The second-order valence-electron chi connectivity index (χ2n) is 5.65. The van der Waals surface area contributed by atoms with E-state index in [1.54, 1.807) is 17.6 Å². The fraction of sp³-hybridized carbons (Fsp3) is 0.667. The van der Waals surface area contributed by atoms with Crippen LogP contribution in [-0.4, -0.2) is 39.6 Å². The van der Waals surface area contributed by atoms with Gasteiger partial charge in [0.25, 0.3) is 0 Å². The first-order valence-electron chi connectivity index (χ1n) is 7.43. The maximum Gasteiger partial charge on any atom is 0.241 e. The largest absolute Gasteiger partial charge is 0.321 e. The Morgan fingerprint density at radius 2 is 2.29 bits per heavy atom. The number of nitrogens with one attached hydrogen (secondary N) is 1. The SMILES string of the molecule is CCC(C)C1NC(c2ccsc2)N(CCCS(C)=O)C1=O. The van der Waals surface area contributed by atoms with Crippen LogP contribution in [0.2, 0.25) is 0 Å². The average Bonchev–Trinajstić information content (AvgIpc) is 3.07. The summed E-state index contributed by atoms with van der Waals surface area (Å²) in [6.07, 6.45) is 3.44. The predicted octanol–water partition coefficient (Wildman–Crippen LogP) is 2.36. The first kappa shape index (κ1) is 16.6. The van der Waals surface area contributed by atoms with Gasteiger partial charge in [0, 0.05) is 29.4 Å². The lowest BCUT2D eigenvalue weighted by molar-refractivity contribution is -0.131. The third-order valence-electron chi connectivity index (χ3n) is 4.10. The fourth-order valence-corrected chi connectivity index (χ4v) is 3.88. The van der Waals surface area contributed by atoms with Crippen molar-refractivity contribution in [3.63, 3.8) is 0 Å². The van der Waals surface area contributed by atoms with Crippen molar-refractivity contribution < 1.29 is 9.00 Å². The molecule has 2 heterocycles. The van der Waals surface area contributed by atoms with E-state index in [0.29, 0.717) is 18.2 Å². The summed E-state index contributed by atoms with van der Waals surface area (Å²) in [6.45, 7) is 4.89. The Morgan fingerprint density at radius 1 is 1.52 bits per heavy atom. The normalized spacial score (nSPS) is 25.3. The summed E-state index contributed by atoms with van der Waals surface area (Å²) in [6, 6.07) is 1.96. The molecule has 0 saturated carbocycles. The highest BCUT2D eigenvalue weighted by molar-refractivity contribution is 7.84. The lowest BCUT2D eigenvalue weighted by Gasteiger charge is -2.23. The van der Waals surface area contributed by atoms with Crippen LogP contribution in [-0.2, 0) is 15.6 Å². The number of carbonyl (C=O) groups excluding carboxylic acids is 1. The quantitative estimate of drug-likeness (QED) is 0.836. The molecule has 0 radical (unpaired) electrons. The molecule has 1 aliphatic heterocycles. The summed E-state index contributed by atoms with van der Waals surface area (Å²) in [5.41, 5.74) is 1.15. The number of hydrogen-bond donors (Lipinski definition) is 1. The molecule has 118 valence electrons. The smallest absolute Gasteiger partial charge is 0.241 e. The molecule has 1 saturated heterocycles. The minimum absolute atomic E-state index is 0.0342. The molecule has 4 atom stereocenters. The van der Waals surface area contributed by atoms with Gasteiger partial charge in [0.1, 0.15) is 6.17 Å². The molecule has 1 N–H and O–H groups in total. The van der Waals surface area contributed by atoms with Crippen molar-refractivity contribution in [2.24, 2.45) is 5.92 Å². The van der Waals surface area contributed by atoms with E-state index in [1.807, 2.05) is 10.3 Å². The zero-order chi connectivity index (χ0) is 15.4. The van der Waals surface area contributed by atoms with E-state index in [1.165, 1.54) is 0 Å². The van der Waals surface area contributed by atoms with E-state index in [2.05, 4.69) is 30.6 Å². The van der Waals surface area contributed by atoms with Gasteiger partial charge in [-0.15, -0.1) is 0 Å². The molecule has 4 nitrogen and oxygen atoms in total. The molecule has 0 aliphatic carbocycles. The molecule has 6 heteroatoms. The van der Waals surface area contributed by atoms with Crippen LogP contribution in [0.15, 0.2) is 16.8 Å². The first-order chi connectivity index (χ1) is 10.0. The lowest BCUT2D eigenvalue weighted by Crippen LogP contribution is -2.36. The molecule has 1 amide bonds. The van der Waals surface area contributed by atoms with Crippen LogP contribution in [0.5, 0.6) is 0 Å². The number of amides is 1. The summed E-state index contributed by atoms with van der Waals surface area (Å²) in [4.78, 5) is 14.6. The van der Waals surface area contributed by atoms with Crippen LogP contribution in [0, 0.1) is 5.92 Å². The van der Waals surface area contributed by atoms with Gasteiger partial charge in [-0.25, -0.2) is 0 Å². The predicted molar refractivity (Wildman–Crippen MR) is 88.7 cm³/mol. The number of hydrogen-bond acceptors (Lipinski definition) is 4. The molecule has 1 fully saturated rings. The fourth-order valence-electron chi connectivity index (χ4n) is 2.66.